The number of carbonyl (C=O) groups excluding carboxylic acids is 1. The van der Waals surface area contributed by atoms with Gasteiger partial charge in [0.05, 0.1) is 7.11 Å². The lowest BCUT2D eigenvalue weighted by atomic mass is 10.7. The number of amides is 1. The van der Waals surface area contributed by atoms with Crippen LogP contribution in [0, 0.1) is 0 Å². The summed E-state index contributed by atoms with van der Waals surface area (Å²) in [5, 5.41) is 0.763. The highest BCUT2D eigenvalue weighted by atomic mass is 31.2. The van der Waals surface area contributed by atoms with Gasteiger partial charge in [-0.25, -0.2) is 5.06 Å². The van der Waals surface area contributed by atoms with Gasteiger partial charge in [0.1, 0.15) is 6.16 Å². The van der Waals surface area contributed by atoms with Crippen LogP contribution in [0.1, 0.15) is 0 Å². The van der Waals surface area contributed by atoms with E-state index in [9.17, 15) is 9.36 Å². The topological polar surface area (TPSA) is 87.1 Å². The zero-order chi connectivity index (χ0) is 9.07. The fourth-order valence-corrected chi connectivity index (χ4v) is 0.929. The van der Waals surface area contributed by atoms with Crippen LogP contribution in [0.3, 0.4) is 0 Å². The molecule has 0 aromatic rings. The lowest BCUT2D eigenvalue weighted by molar-refractivity contribution is -0.165. The zero-order valence-electron chi connectivity index (χ0n) is 6.22. The third-order valence-corrected chi connectivity index (χ3v) is 1.65. The van der Waals surface area contributed by atoms with E-state index in [4.69, 9.17) is 9.79 Å². The number of rotatable bonds is 3. The number of carbonyl (C=O) groups is 1. The van der Waals surface area contributed by atoms with Crippen LogP contribution in [-0.2, 0) is 14.2 Å². The number of hydroxylamine groups is 2. The minimum absolute atomic E-state index is 0.749. The molecule has 0 atom stereocenters. The van der Waals surface area contributed by atoms with Crippen molar-refractivity contribution in [1.82, 2.24) is 5.06 Å². The molecule has 0 aliphatic rings. The number of hydrogen-bond donors (Lipinski definition) is 2. The second kappa shape index (κ2) is 3.82. The summed E-state index contributed by atoms with van der Waals surface area (Å²) in [6.45, 7) is 0. The standard InChI is InChI=1S/C4H10NO5P/c1-5(10-2)4(6)3-11(7,8)9/h3H2,1-2H3,(H2,7,8,9). The van der Waals surface area contributed by atoms with Gasteiger partial charge in [-0.1, -0.05) is 0 Å². The minimum atomic E-state index is -4.26. The molecule has 0 aliphatic heterocycles. The van der Waals surface area contributed by atoms with Crippen molar-refractivity contribution in [2.75, 3.05) is 20.3 Å². The average molecular weight is 183 g/mol. The fraction of sp³-hybridized carbons (Fsp3) is 0.750. The monoisotopic (exact) mass is 183 g/mol. The van der Waals surface area contributed by atoms with E-state index in [1.54, 1.807) is 0 Å². The Morgan fingerprint density at radius 3 is 2.36 bits per heavy atom. The molecule has 6 nitrogen and oxygen atoms in total. The van der Waals surface area contributed by atoms with Crippen LogP contribution >= 0.6 is 7.60 Å². The van der Waals surface area contributed by atoms with E-state index < -0.39 is 19.7 Å². The smallest absolute Gasteiger partial charge is 0.324 e. The maximum atomic E-state index is 10.7. The maximum Gasteiger partial charge on any atom is 0.335 e. The molecule has 7 heteroatoms. The van der Waals surface area contributed by atoms with Crippen molar-refractivity contribution in [3.63, 3.8) is 0 Å². The van der Waals surface area contributed by atoms with Gasteiger partial charge in [-0.3, -0.25) is 14.2 Å². The van der Waals surface area contributed by atoms with Crippen molar-refractivity contribution in [2.45, 2.75) is 0 Å². The molecule has 0 fully saturated rings. The van der Waals surface area contributed by atoms with Gasteiger partial charge >= 0.3 is 7.60 Å². The molecule has 0 bridgehead atoms. The van der Waals surface area contributed by atoms with Gasteiger partial charge in [-0.15, -0.1) is 0 Å². The molecule has 2 N–H and O–H groups in total. The molecular formula is C4H10NO5P. The van der Waals surface area contributed by atoms with Crippen LogP contribution in [0.15, 0.2) is 0 Å². The summed E-state index contributed by atoms with van der Waals surface area (Å²) in [6, 6.07) is 0. The molecule has 0 aromatic heterocycles. The van der Waals surface area contributed by atoms with Crippen LogP contribution in [0.2, 0.25) is 0 Å². The second-order valence-corrected chi connectivity index (χ2v) is 3.54. The quantitative estimate of drug-likeness (QED) is 0.441. The SMILES string of the molecule is CON(C)C(=O)CP(=O)(O)O. The largest absolute Gasteiger partial charge is 0.335 e. The van der Waals surface area contributed by atoms with Gasteiger partial charge in [0.15, 0.2) is 0 Å². The Morgan fingerprint density at radius 1 is 1.64 bits per heavy atom. The van der Waals surface area contributed by atoms with E-state index in [-0.39, 0.29) is 0 Å². The molecule has 66 valence electrons. The molecule has 11 heavy (non-hydrogen) atoms. The van der Waals surface area contributed by atoms with Crippen molar-refractivity contribution in [3.8, 4) is 0 Å². The Kier molecular flexibility index (Phi) is 3.68. The Balaban J connectivity index is 3.99. The van der Waals surface area contributed by atoms with E-state index in [0.29, 0.717) is 0 Å². The average Bonchev–Trinajstić information content (AvgIpc) is 1.82. The van der Waals surface area contributed by atoms with Gasteiger partial charge in [0, 0.05) is 7.05 Å². The molecule has 0 saturated heterocycles. The molecule has 0 heterocycles. The Labute approximate surface area is 63.9 Å². The first kappa shape index (κ1) is 10.6. The first-order valence-electron chi connectivity index (χ1n) is 2.72. The van der Waals surface area contributed by atoms with Gasteiger partial charge in [0.25, 0.3) is 5.91 Å². The van der Waals surface area contributed by atoms with Gasteiger partial charge in [0.2, 0.25) is 0 Å². The summed E-state index contributed by atoms with van der Waals surface area (Å²) in [5.74, 6) is -0.749. The van der Waals surface area contributed by atoms with Crippen LogP contribution in [0.4, 0.5) is 0 Å². The molecular weight excluding hydrogens is 173 g/mol. The predicted molar refractivity (Wildman–Crippen MR) is 36.7 cm³/mol. The van der Waals surface area contributed by atoms with Crippen LogP contribution < -0.4 is 0 Å². The molecule has 0 aromatic carbocycles. The molecule has 0 aliphatic carbocycles. The van der Waals surface area contributed by atoms with Gasteiger partial charge < -0.3 is 9.79 Å². The van der Waals surface area contributed by atoms with E-state index in [1.165, 1.54) is 14.2 Å². The fourth-order valence-electron chi connectivity index (χ4n) is 0.378. The Bertz CT molecular complexity index is 187. The van der Waals surface area contributed by atoms with Gasteiger partial charge in [-0.2, -0.15) is 0 Å². The van der Waals surface area contributed by atoms with Gasteiger partial charge in [-0.05, 0) is 0 Å². The van der Waals surface area contributed by atoms with E-state index >= 15 is 0 Å². The lowest BCUT2D eigenvalue weighted by Gasteiger charge is -2.13. The number of nitrogens with zero attached hydrogens (tertiary/aromatic N) is 1. The molecule has 0 radical (unpaired) electrons. The first-order chi connectivity index (χ1) is 4.87. The normalized spacial score (nSPS) is 11.3. The summed E-state index contributed by atoms with van der Waals surface area (Å²) in [5.41, 5.74) is 0. The Hall–Kier alpha value is -0.420. The van der Waals surface area contributed by atoms with Crippen molar-refractivity contribution in [2.24, 2.45) is 0 Å². The maximum absolute atomic E-state index is 10.7. The van der Waals surface area contributed by atoms with Crippen molar-refractivity contribution in [3.05, 3.63) is 0 Å². The summed E-state index contributed by atoms with van der Waals surface area (Å²) < 4.78 is 10.3. The van der Waals surface area contributed by atoms with Crippen molar-refractivity contribution < 1.29 is 24.0 Å². The van der Waals surface area contributed by atoms with Crippen molar-refractivity contribution in [1.29, 1.82) is 0 Å². The highest BCUT2D eigenvalue weighted by molar-refractivity contribution is 7.52. The molecule has 0 rings (SSSR count). The number of hydrogen-bond acceptors (Lipinski definition) is 3. The first-order valence-corrected chi connectivity index (χ1v) is 4.52. The lowest BCUT2D eigenvalue weighted by Crippen LogP contribution is -2.28. The zero-order valence-corrected chi connectivity index (χ0v) is 7.12. The summed E-state index contributed by atoms with van der Waals surface area (Å²) >= 11 is 0. The van der Waals surface area contributed by atoms with E-state index in [2.05, 4.69) is 4.84 Å². The van der Waals surface area contributed by atoms with Crippen molar-refractivity contribution >= 4 is 13.5 Å². The van der Waals surface area contributed by atoms with Crippen LogP contribution in [0.5, 0.6) is 0 Å². The molecule has 0 spiro atoms. The third-order valence-electron chi connectivity index (χ3n) is 0.966. The summed E-state index contributed by atoms with van der Waals surface area (Å²) in [7, 11) is -1.75. The van der Waals surface area contributed by atoms with Crippen LogP contribution in [0.25, 0.3) is 0 Å². The molecule has 1 amide bonds. The highest BCUT2D eigenvalue weighted by Gasteiger charge is 2.21. The minimum Gasteiger partial charge on any atom is -0.324 e. The van der Waals surface area contributed by atoms with Crippen LogP contribution in [-0.4, -0.2) is 41.1 Å². The Morgan fingerprint density at radius 2 is 2.09 bits per heavy atom. The molecule has 0 saturated carbocycles. The molecule has 0 unspecified atom stereocenters. The summed E-state index contributed by atoms with van der Waals surface area (Å²) in [6.07, 6.45) is -0.822. The second-order valence-electron chi connectivity index (χ2n) is 1.90. The predicted octanol–water partition coefficient (Wildman–Crippen LogP) is -0.816. The highest BCUT2D eigenvalue weighted by Crippen LogP contribution is 2.33. The third kappa shape index (κ3) is 4.92. The summed E-state index contributed by atoms with van der Waals surface area (Å²) in [4.78, 5) is 31.8. The van der Waals surface area contributed by atoms with E-state index in [0.717, 1.165) is 5.06 Å². The van der Waals surface area contributed by atoms with E-state index in [1.807, 2.05) is 0 Å².